The second kappa shape index (κ2) is 5.48. The molecule has 0 radical (unpaired) electrons. The van der Waals surface area contributed by atoms with Gasteiger partial charge in [-0.2, -0.15) is 13.2 Å². The van der Waals surface area contributed by atoms with Gasteiger partial charge < -0.3 is 10.4 Å². The van der Waals surface area contributed by atoms with Crippen LogP contribution in [0.4, 0.5) is 24.7 Å². The van der Waals surface area contributed by atoms with E-state index < -0.39 is 23.7 Å². The molecule has 0 amide bonds. The van der Waals surface area contributed by atoms with Crippen LogP contribution >= 0.6 is 15.9 Å². The molecule has 100 valence electrons. The van der Waals surface area contributed by atoms with Gasteiger partial charge in [-0.15, -0.1) is 0 Å². The summed E-state index contributed by atoms with van der Waals surface area (Å²) in [6.07, 6.45) is -6.38. The van der Waals surface area contributed by atoms with Crippen molar-refractivity contribution in [3.05, 3.63) is 26.9 Å². The maximum absolute atomic E-state index is 12.0. The number of aromatic nitrogens is 1. The lowest BCUT2D eigenvalue weighted by Crippen LogP contribution is -2.35. The first-order valence-electron chi connectivity index (χ1n) is 4.50. The molecule has 1 aromatic rings. The fraction of sp³-hybridized carbons (Fsp3) is 0.375. The number of aliphatic hydroxyl groups excluding tert-OH is 1. The van der Waals surface area contributed by atoms with E-state index in [1.54, 1.807) is 0 Å². The molecule has 0 aliphatic heterocycles. The molecule has 0 aliphatic carbocycles. The average molecular weight is 330 g/mol. The lowest BCUT2D eigenvalue weighted by Gasteiger charge is -2.15. The van der Waals surface area contributed by atoms with Crippen LogP contribution in [0.5, 0.6) is 0 Å². The third-order valence-corrected chi connectivity index (χ3v) is 2.48. The van der Waals surface area contributed by atoms with Crippen molar-refractivity contribution < 1.29 is 23.2 Å². The molecule has 0 saturated heterocycles. The summed E-state index contributed by atoms with van der Waals surface area (Å²) in [4.78, 5) is 13.3. The zero-order chi connectivity index (χ0) is 13.9. The largest absolute Gasteiger partial charge is 0.416 e. The Balaban J connectivity index is 2.72. The number of halogens is 4. The van der Waals surface area contributed by atoms with E-state index in [1.807, 2.05) is 0 Å². The summed E-state index contributed by atoms with van der Waals surface area (Å²) >= 11 is 2.92. The second-order valence-corrected chi connectivity index (χ2v) is 4.07. The molecule has 10 heteroatoms. The quantitative estimate of drug-likeness (QED) is 0.652. The monoisotopic (exact) mass is 329 g/mol. The zero-order valence-electron chi connectivity index (χ0n) is 8.61. The molecule has 0 spiro atoms. The van der Waals surface area contributed by atoms with Crippen molar-refractivity contribution in [3.8, 4) is 0 Å². The summed E-state index contributed by atoms with van der Waals surface area (Å²) in [6.45, 7) is -0.799. The van der Waals surface area contributed by atoms with Gasteiger partial charge in [0.15, 0.2) is 6.10 Å². The number of hydrogen-bond donors (Lipinski definition) is 2. The predicted molar refractivity (Wildman–Crippen MR) is 59.1 cm³/mol. The minimum Gasteiger partial charge on any atom is -0.382 e. The Morgan fingerprint density at radius 1 is 1.61 bits per heavy atom. The molecule has 18 heavy (non-hydrogen) atoms. The van der Waals surface area contributed by atoms with E-state index in [4.69, 9.17) is 5.11 Å². The number of anilines is 1. The first-order valence-corrected chi connectivity index (χ1v) is 5.29. The first kappa shape index (κ1) is 14.6. The molecule has 0 aliphatic rings. The van der Waals surface area contributed by atoms with Crippen molar-refractivity contribution in [1.82, 2.24) is 4.98 Å². The molecular formula is C8H7BrF3N3O3. The van der Waals surface area contributed by atoms with Crippen molar-refractivity contribution in [2.45, 2.75) is 12.3 Å². The fourth-order valence-corrected chi connectivity index (χ4v) is 1.44. The van der Waals surface area contributed by atoms with Crippen molar-refractivity contribution in [3.63, 3.8) is 0 Å². The molecule has 0 fully saturated rings. The Morgan fingerprint density at radius 3 is 2.67 bits per heavy atom. The third kappa shape index (κ3) is 3.81. The molecule has 0 aromatic carbocycles. The molecule has 2 N–H and O–H groups in total. The summed E-state index contributed by atoms with van der Waals surface area (Å²) in [5.41, 5.74) is -0.302. The number of nitrogens with zero attached hydrogens (tertiary/aromatic N) is 2. The van der Waals surface area contributed by atoms with Gasteiger partial charge in [0, 0.05) is 6.07 Å². The minimum absolute atomic E-state index is 0.0242. The standard InChI is InChI=1S/C8H7BrF3N3O3/c9-5-1-4(15(17)18)2-13-7(5)14-3-6(16)8(10,11)12/h1-2,6,16H,3H2,(H,13,14). The SMILES string of the molecule is O=[N+]([O-])c1cnc(NCC(O)C(F)(F)F)c(Br)c1. The van der Waals surface area contributed by atoms with Crippen LogP contribution in [0.15, 0.2) is 16.7 Å². The Kier molecular flexibility index (Phi) is 4.46. The molecule has 1 unspecified atom stereocenters. The van der Waals surface area contributed by atoms with E-state index in [9.17, 15) is 23.3 Å². The molecule has 0 saturated carbocycles. The molecule has 0 bridgehead atoms. The van der Waals surface area contributed by atoms with E-state index >= 15 is 0 Å². The number of rotatable bonds is 4. The van der Waals surface area contributed by atoms with Gasteiger partial charge in [-0.1, -0.05) is 0 Å². The summed E-state index contributed by atoms with van der Waals surface area (Å²) in [5, 5.41) is 21.4. The number of pyridine rings is 1. The maximum atomic E-state index is 12.0. The van der Waals surface area contributed by atoms with E-state index in [-0.39, 0.29) is 16.0 Å². The zero-order valence-corrected chi connectivity index (χ0v) is 10.2. The smallest absolute Gasteiger partial charge is 0.382 e. The highest BCUT2D eigenvalue weighted by Crippen LogP contribution is 2.25. The van der Waals surface area contributed by atoms with Crippen LogP contribution in [0.25, 0.3) is 0 Å². The van der Waals surface area contributed by atoms with Crippen molar-refractivity contribution in [2.75, 3.05) is 11.9 Å². The Hall–Kier alpha value is -1.42. The van der Waals surface area contributed by atoms with Gasteiger partial charge in [0.1, 0.15) is 12.0 Å². The van der Waals surface area contributed by atoms with Crippen LogP contribution in [0.2, 0.25) is 0 Å². The Bertz CT molecular complexity index is 455. The van der Waals surface area contributed by atoms with Crippen LogP contribution in [0, 0.1) is 10.1 Å². The number of nitrogens with one attached hydrogen (secondary N) is 1. The molecule has 1 aromatic heterocycles. The molecule has 1 heterocycles. The molecule has 1 atom stereocenters. The average Bonchev–Trinajstić information content (AvgIpc) is 2.25. The summed E-state index contributed by atoms with van der Waals surface area (Å²) in [6, 6.07) is 1.09. The van der Waals surface area contributed by atoms with E-state index in [1.165, 1.54) is 0 Å². The number of aliphatic hydroxyl groups is 1. The molecule has 6 nitrogen and oxygen atoms in total. The second-order valence-electron chi connectivity index (χ2n) is 3.22. The van der Waals surface area contributed by atoms with Gasteiger partial charge in [0.25, 0.3) is 5.69 Å². The lowest BCUT2D eigenvalue weighted by atomic mass is 10.3. The predicted octanol–water partition coefficient (Wildman–Crippen LogP) is 2.09. The normalized spacial score (nSPS) is 13.2. The van der Waals surface area contributed by atoms with Crippen molar-refractivity contribution in [1.29, 1.82) is 0 Å². The van der Waals surface area contributed by atoms with Gasteiger partial charge >= 0.3 is 6.18 Å². The highest BCUT2D eigenvalue weighted by molar-refractivity contribution is 9.10. The van der Waals surface area contributed by atoms with Gasteiger partial charge in [0.05, 0.1) is 15.9 Å². The van der Waals surface area contributed by atoms with Gasteiger partial charge in [-0.05, 0) is 15.9 Å². The highest BCUT2D eigenvalue weighted by Gasteiger charge is 2.38. The minimum atomic E-state index is -4.74. The van der Waals surface area contributed by atoms with Gasteiger partial charge in [-0.3, -0.25) is 10.1 Å². The third-order valence-electron chi connectivity index (χ3n) is 1.88. The van der Waals surface area contributed by atoms with Crippen molar-refractivity contribution >= 4 is 27.4 Å². The summed E-state index contributed by atoms with van der Waals surface area (Å²) in [5.74, 6) is -0.0242. The van der Waals surface area contributed by atoms with E-state index in [0.717, 1.165) is 12.3 Å². The maximum Gasteiger partial charge on any atom is 0.416 e. The summed E-state index contributed by atoms with van der Waals surface area (Å²) in [7, 11) is 0. The van der Waals surface area contributed by atoms with E-state index in [0.29, 0.717) is 0 Å². The van der Waals surface area contributed by atoms with Crippen molar-refractivity contribution in [2.24, 2.45) is 0 Å². The van der Waals surface area contributed by atoms with Gasteiger partial charge in [0.2, 0.25) is 0 Å². The fourth-order valence-electron chi connectivity index (χ4n) is 0.967. The van der Waals surface area contributed by atoms with Crippen LogP contribution < -0.4 is 5.32 Å². The summed E-state index contributed by atoms with van der Waals surface area (Å²) < 4.78 is 36.2. The number of nitro groups is 1. The topological polar surface area (TPSA) is 88.3 Å². The molecule has 1 rings (SSSR count). The van der Waals surface area contributed by atoms with E-state index in [2.05, 4.69) is 26.2 Å². The Morgan fingerprint density at radius 2 is 2.22 bits per heavy atom. The van der Waals surface area contributed by atoms with Crippen LogP contribution in [0.3, 0.4) is 0 Å². The van der Waals surface area contributed by atoms with Crippen LogP contribution in [-0.4, -0.2) is 33.8 Å². The number of alkyl halides is 3. The molecular weight excluding hydrogens is 323 g/mol. The number of hydrogen-bond acceptors (Lipinski definition) is 5. The van der Waals surface area contributed by atoms with Gasteiger partial charge in [-0.25, -0.2) is 4.98 Å². The highest BCUT2D eigenvalue weighted by atomic mass is 79.9. The Labute approximate surface area is 107 Å². The lowest BCUT2D eigenvalue weighted by molar-refractivity contribution is -0.385. The first-order chi connectivity index (χ1) is 8.21. The van der Waals surface area contributed by atoms with Crippen LogP contribution in [-0.2, 0) is 0 Å². The van der Waals surface area contributed by atoms with Crippen LogP contribution in [0.1, 0.15) is 0 Å².